The minimum atomic E-state index is -0.200. The van der Waals surface area contributed by atoms with E-state index in [2.05, 4.69) is 29.1 Å². The Labute approximate surface area is 101 Å². The molecule has 0 bridgehead atoms. The molecule has 0 radical (unpaired) electrons. The number of quaternary nitrogens is 1. The fourth-order valence-corrected chi connectivity index (χ4v) is 2.09. The van der Waals surface area contributed by atoms with Crippen LogP contribution in [0.2, 0.25) is 0 Å². The Hall–Kier alpha value is -1.43. The van der Waals surface area contributed by atoms with Crippen molar-refractivity contribution < 1.29 is 4.90 Å². The first-order valence-corrected chi connectivity index (χ1v) is 6.10. The summed E-state index contributed by atoms with van der Waals surface area (Å²) < 4.78 is 1.67. The van der Waals surface area contributed by atoms with Gasteiger partial charge in [0.25, 0.3) is 0 Å². The molecule has 1 aromatic heterocycles. The Bertz CT molecular complexity index is 465. The standard InChI is InChI=1S/C11H19N5O/c1-7(2)12-9-13-10-15(8(3)4)5-6-16(10)11(17)14-9/h7-8H,5-6H2,1-4H3,(H,12,14,17)/p+1. The van der Waals surface area contributed by atoms with Crippen molar-refractivity contribution in [2.45, 2.75) is 46.3 Å². The van der Waals surface area contributed by atoms with Crippen molar-refractivity contribution in [1.29, 1.82) is 0 Å². The van der Waals surface area contributed by atoms with E-state index in [0.29, 0.717) is 18.5 Å². The molecule has 0 fully saturated rings. The molecule has 17 heavy (non-hydrogen) atoms. The fraction of sp³-hybridized carbons (Fsp3) is 0.727. The van der Waals surface area contributed by atoms with Crippen LogP contribution in [0.4, 0.5) is 11.9 Å². The number of anilines is 1. The van der Waals surface area contributed by atoms with E-state index in [-0.39, 0.29) is 11.7 Å². The van der Waals surface area contributed by atoms with Gasteiger partial charge in [-0.3, -0.25) is 4.90 Å². The molecule has 1 aromatic rings. The number of nitrogens with one attached hydrogen (secondary N) is 2. The topological polar surface area (TPSA) is 64.2 Å². The zero-order chi connectivity index (χ0) is 12.6. The van der Waals surface area contributed by atoms with Crippen LogP contribution in [-0.2, 0) is 6.54 Å². The normalized spacial score (nSPS) is 18.8. The Morgan fingerprint density at radius 2 is 2.00 bits per heavy atom. The highest BCUT2D eigenvalue weighted by Crippen LogP contribution is 2.05. The van der Waals surface area contributed by atoms with Crippen LogP contribution in [0.1, 0.15) is 27.7 Å². The molecule has 6 heteroatoms. The van der Waals surface area contributed by atoms with Gasteiger partial charge >= 0.3 is 11.6 Å². The summed E-state index contributed by atoms with van der Waals surface area (Å²) in [4.78, 5) is 21.5. The molecule has 1 aliphatic heterocycles. The smallest absolute Gasteiger partial charge is 0.352 e. The van der Waals surface area contributed by atoms with E-state index in [1.807, 2.05) is 13.8 Å². The van der Waals surface area contributed by atoms with Crippen LogP contribution in [0.25, 0.3) is 0 Å². The molecule has 0 aromatic carbocycles. The van der Waals surface area contributed by atoms with Gasteiger partial charge in [-0.2, -0.15) is 4.98 Å². The van der Waals surface area contributed by atoms with Gasteiger partial charge in [0.05, 0.1) is 12.6 Å². The molecular formula is C11H20N5O+. The third-order valence-corrected chi connectivity index (χ3v) is 2.91. The minimum absolute atomic E-state index is 0.200. The van der Waals surface area contributed by atoms with Crippen LogP contribution in [-0.4, -0.2) is 33.2 Å². The van der Waals surface area contributed by atoms with Gasteiger partial charge in [0.2, 0.25) is 5.95 Å². The quantitative estimate of drug-likeness (QED) is 0.738. The molecule has 2 N–H and O–H groups in total. The Kier molecular flexibility index (Phi) is 3.15. The average Bonchev–Trinajstić information content (AvgIpc) is 2.60. The summed E-state index contributed by atoms with van der Waals surface area (Å²) in [5, 5.41) is 3.09. The van der Waals surface area contributed by atoms with Crippen LogP contribution in [0.3, 0.4) is 0 Å². The highest BCUT2D eigenvalue weighted by Gasteiger charge is 2.30. The maximum Gasteiger partial charge on any atom is 0.356 e. The van der Waals surface area contributed by atoms with Crippen molar-refractivity contribution in [3.63, 3.8) is 0 Å². The molecule has 94 valence electrons. The van der Waals surface area contributed by atoms with Gasteiger partial charge < -0.3 is 5.32 Å². The Morgan fingerprint density at radius 3 is 2.59 bits per heavy atom. The van der Waals surface area contributed by atoms with E-state index >= 15 is 0 Å². The lowest BCUT2D eigenvalue weighted by molar-refractivity contribution is -0.852. The fourth-order valence-electron chi connectivity index (χ4n) is 2.09. The van der Waals surface area contributed by atoms with E-state index in [1.165, 1.54) is 4.90 Å². The maximum atomic E-state index is 11.8. The summed E-state index contributed by atoms with van der Waals surface area (Å²) >= 11 is 0. The SMILES string of the molecule is CC(C)Nc1nc2n(c(=O)n1)CC[NH+]2C(C)C. The number of fused-ring (bicyclic) bond motifs is 1. The van der Waals surface area contributed by atoms with Crippen LogP contribution >= 0.6 is 0 Å². The molecule has 6 nitrogen and oxygen atoms in total. The van der Waals surface area contributed by atoms with Crippen LogP contribution in [0, 0.1) is 0 Å². The van der Waals surface area contributed by atoms with Crippen LogP contribution < -0.4 is 15.9 Å². The largest absolute Gasteiger partial charge is 0.356 e. The molecule has 2 rings (SSSR count). The van der Waals surface area contributed by atoms with E-state index in [9.17, 15) is 4.79 Å². The van der Waals surface area contributed by atoms with Gasteiger partial charge in [0, 0.05) is 6.04 Å². The van der Waals surface area contributed by atoms with Gasteiger partial charge in [0.15, 0.2) is 0 Å². The lowest BCUT2D eigenvalue weighted by Crippen LogP contribution is -3.09. The Balaban J connectivity index is 2.41. The molecule has 2 heterocycles. The van der Waals surface area contributed by atoms with Crippen molar-refractivity contribution in [2.75, 3.05) is 11.9 Å². The predicted octanol–water partition coefficient (Wildman–Crippen LogP) is -0.603. The molecule has 0 saturated carbocycles. The second-order valence-corrected chi connectivity index (χ2v) is 5.03. The molecule has 0 spiro atoms. The van der Waals surface area contributed by atoms with E-state index < -0.39 is 0 Å². The molecule has 1 unspecified atom stereocenters. The third kappa shape index (κ3) is 2.31. The van der Waals surface area contributed by atoms with Crippen molar-refractivity contribution in [1.82, 2.24) is 14.5 Å². The molecule has 1 atom stereocenters. The van der Waals surface area contributed by atoms with Gasteiger partial charge in [-0.15, -0.1) is 4.98 Å². The summed E-state index contributed by atoms with van der Waals surface area (Å²) in [5.41, 5.74) is -0.200. The van der Waals surface area contributed by atoms with Gasteiger partial charge in [-0.1, -0.05) is 0 Å². The molecular weight excluding hydrogens is 218 g/mol. The van der Waals surface area contributed by atoms with E-state index in [1.54, 1.807) is 4.57 Å². The van der Waals surface area contributed by atoms with Crippen LogP contribution in [0.15, 0.2) is 4.79 Å². The van der Waals surface area contributed by atoms with Crippen molar-refractivity contribution >= 4 is 11.9 Å². The average molecular weight is 238 g/mol. The lowest BCUT2D eigenvalue weighted by Gasteiger charge is -2.15. The van der Waals surface area contributed by atoms with Gasteiger partial charge in [-0.25, -0.2) is 9.36 Å². The number of nitrogens with zero attached hydrogens (tertiary/aromatic N) is 3. The third-order valence-electron chi connectivity index (χ3n) is 2.91. The first-order chi connectivity index (χ1) is 7.99. The summed E-state index contributed by atoms with van der Waals surface area (Å²) in [6.07, 6.45) is 0. The summed E-state index contributed by atoms with van der Waals surface area (Å²) in [7, 11) is 0. The minimum Gasteiger partial charge on any atom is -0.352 e. The molecule has 0 aliphatic carbocycles. The van der Waals surface area contributed by atoms with Crippen LogP contribution in [0.5, 0.6) is 0 Å². The second kappa shape index (κ2) is 4.44. The summed E-state index contributed by atoms with van der Waals surface area (Å²) in [5.74, 6) is 1.25. The number of rotatable bonds is 3. The summed E-state index contributed by atoms with van der Waals surface area (Å²) in [6.45, 7) is 9.89. The molecule has 1 aliphatic rings. The second-order valence-electron chi connectivity index (χ2n) is 5.03. The van der Waals surface area contributed by atoms with Crippen molar-refractivity contribution in [3.8, 4) is 0 Å². The number of aromatic nitrogens is 3. The van der Waals surface area contributed by atoms with Gasteiger partial charge in [0.1, 0.15) is 6.54 Å². The zero-order valence-corrected chi connectivity index (χ0v) is 10.8. The number of hydrogen-bond donors (Lipinski definition) is 2. The number of hydrogen-bond acceptors (Lipinski definition) is 4. The van der Waals surface area contributed by atoms with Crippen molar-refractivity contribution in [3.05, 3.63) is 10.5 Å². The maximum absolute atomic E-state index is 11.8. The van der Waals surface area contributed by atoms with Gasteiger partial charge in [-0.05, 0) is 27.7 Å². The zero-order valence-electron chi connectivity index (χ0n) is 10.8. The first kappa shape index (κ1) is 12.0. The highest BCUT2D eigenvalue weighted by atomic mass is 16.1. The van der Waals surface area contributed by atoms with Crippen molar-refractivity contribution in [2.24, 2.45) is 0 Å². The monoisotopic (exact) mass is 238 g/mol. The summed E-state index contributed by atoms with van der Waals surface area (Å²) in [6, 6.07) is 0.645. The first-order valence-electron chi connectivity index (χ1n) is 6.10. The van der Waals surface area contributed by atoms with E-state index in [0.717, 1.165) is 12.5 Å². The Morgan fingerprint density at radius 1 is 1.29 bits per heavy atom. The highest BCUT2D eigenvalue weighted by molar-refractivity contribution is 5.28. The molecule has 0 saturated heterocycles. The molecule has 0 amide bonds. The van der Waals surface area contributed by atoms with E-state index in [4.69, 9.17) is 0 Å². The predicted molar refractivity (Wildman–Crippen MR) is 65.7 cm³/mol. The lowest BCUT2D eigenvalue weighted by atomic mass is 10.3.